The zero-order valence-corrected chi connectivity index (χ0v) is 11.7. The van der Waals surface area contributed by atoms with Crippen molar-refractivity contribution in [3.63, 3.8) is 0 Å². The lowest BCUT2D eigenvalue weighted by Gasteiger charge is -2.09. The number of nitrogens with one attached hydrogen (secondary N) is 2. The molecule has 2 rings (SSSR count). The van der Waals surface area contributed by atoms with Crippen LogP contribution in [0.1, 0.15) is 6.92 Å². The van der Waals surface area contributed by atoms with Gasteiger partial charge in [-0.05, 0) is 19.1 Å². The van der Waals surface area contributed by atoms with E-state index in [9.17, 15) is 0 Å². The van der Waals surface area contributed by atoms with Crippen LogP contribution in [0.4, 0.5) is 17.6 Å². The normalized spacial score (nSPS) is 9.95. The van der Waals surface area contributed by atoms with Gasteiger partial charge in [0.05, 0.1) is 13.7 Å². The number of methoxy groups -OCH3 is 1. The Morgan fingerprint density at radius 3 is 2.65 bits per heavy atom. The Bertz CT molecular complexity index is 554. The summed E-state index contributed by atoms with van der Waals surface area (Å²) >= 11 is 0. The summed E-state index contributed by atoms with van der Waals surface area (Å²) < 4.78 is 10.5. The molecule has 0 fully saturated rings. The molecule has 0 bridgehead atoms. The zero-order chi connectivity index (χ0) is 14.4. The number of ether oxygens (including phenoxy) is 2. The average Bonchev–Trinajstić information content (AvgIpc) is 2.47. The largest absolute Gasteiger partial charge is 0.494 e. The second kappa shape index (κ2) is 6.55. The van der Waals surface area contributed by atoms with Crippen LogP contribution in [0.25, 0.3) is 0 Å². The fourth-order valence-electron chi connectivity index (χ4n) is 1.57. The molecule has 20 heavy (non-hydrogen) atoms. The zero-order valence-electron chi connectivity index (χ0n) is 11.7. The Morgan fingerprint density at radius 1 is 1.15 bits per heavy atom. The summed E-state index contributed by atoms with van der Waals surface area (Å²) in [6.45, 7) is 2.56. The average molecular weight is 275 g/mol. The van der Waals surface area contributed by atoms with E-state index in [2.05, 4.69) is 25.6 Å². The Kier molecular flexibility index (Phi) is 4.54. The van der Waals surface area contributed by atoms with E-state index < -0.39 is 0 Å². The molecule has 2 aromatic rings. The van der Waals surface area contributed by atoms with Crippen LogP contribution in [0, 0.1) is 0 Å². The van der Waals surface area contributed by atoms with Gasteiger partial charge >= 0.3 is 6.01 Å². The molecule has 106 valence electrons. The van der Waals surface area contributed by atoms with Gasteiger partial charge in [0.2, 0.25) is 11.9 Å². The lowest BCUT2D eigenvalue weighted by molar-refractivity contribution is 0.340. The monoisotopic (exact) mass is 275 g/mol. The number of aromatic nitrogens is 3. The van der Waals surface area contributed by atoms with Crippen LogP contribution in [0.5, 0.6) is 11.8 Å². The van der Waals surface area contributed by atoms with Gasteiger partial charge in [0.25, 0.3) is 0 Å². The van der Waals surface area contributed by atoms with Gasteiger partial charge in [0.1, 0.15) is 5.75 Å². The van der Waals surface area contributed by atoms with Crippen LogP contribution < -0.4 is 20.1 Å². The van der Waals surface area contributed by atoms with Crippen molar-refractivity contribution in [3.05, 3.63) is 24.3 Å². The number of anilines is 3. The SMILES string of the molecule is CCOc1cccc(Nc2nc(NC)nc(OC)n2)c1. The minimum atomic E-state index is 0.243. The molecular formula is C13H17N5O2. The highest BCUT2D eigenvalue weighted by atomic mass is 16.5. The third-order valence-electron chi connectivity index (χ3n) is 2.42. The van der Waals surface area contributed by atoms with E-state index in [1.54, 1.807) is 7.05 Å². The molecule has 0 saturated heterocycles. The standard InChI is InChI=1S/C13H17N5O2/c1-4-20-10-7-5-6-9(8-10)15-12-16-11(14-2)17-13(18-12)19-3/h5-8H,4H2,1-3H3,(H2,14,15,16,17,18). The van der Waals surface area contributed by atoms with Crippen molar-refractivity contribution in [2.75, 3.05) is 31.4 Å². The van der Waals surface area contributed by atoms with Crippen LogP contribution in [0.3, 0.4) is 0 Å². The molecule has 2 N–H and O–H groups in total. The summed E-state index contributed by atoms with van der Waals surface area (Å²) in [7, 11) is 3.24. The molecule has 0 radical (unpaired) electrons. The van der Waals surface area contributed by atoms with Gasteiger partial charge in [-0.3, -0.25) is 0 Å². The van der Waals surface area contributed by atoms with Gasteiger partial charge in [-0.25, -0.2) is 0 Å². The molecule has 1 aromatic heterocycles. The second-order valence-electron chi connectivity index (χ2n) is 3.81. The first-order valence-electron chi connectivity index (χ1n) is 6.23. The summed E-state index contributed by atoms with van der Waals surface area (Å²) in [5.74, 6) is 1.61. The van der Waals surface area contributed by atoms with Crippen LogP contribution in [-0.2, 0) is 0 Å². The first-order chi connectivity index (χ1) is 9.75. The Balaban J connectivity index is 2.22. The summed E-state index contributed by atoms with van der Waals surface area (Å²) in [6.07, 6.45) is 0. The van der Waals surface area contributed by atoms with Crippen molar-refractivity contribution >= 4 is 17.6 Å². The van der Waals surface area contributed by atoms with E-state index in [4.69, 9.17) is 9.47 Å². The third kappa shape index (κ3) is 3.47. The van der Waals surface area contributed by atoms with E-state index in [0.29, 0.717) is 18.5 Å². The van der Waals surface area contributed by atoms with Gasteiger partial charge in [0.15, 0.2) is 0 Å². The number of hydrogen-bond donors (Lipinski definition) is 2. The minimum absolute atomic E-state index is 0.243. The predicted molar refractivity (Wildman–Crippen MR) is 76.8 cm³/mol. The van der Waals surface area contributed by atoms with E-state index in [1.165, 1.54) is 7.11 Å². The lowest BCUT2D eigenvalue weighted by atomic mass is 10.3. The molecule has 0 aliphatic carbocycles. The van der Waals surface area contributed by atoms with Gasteiger partial charge in [0, 0.05) is 18.8 Å². The Labute approximate surface area is 117 Å². The summed E-state index contributed by atoms with van der Waals surface area (Å²) in [4.78, 5) is 12.4. The molecule has 0 saturated carbocycles. The highest BCUT2D eigenvalue weighted by molar-refractivity contribution is 5.56. The number of nitrogens with zero attached hydrogens (tertiary/aromatic N) is 3. The molecular weight excluding hydrogens is 258 g/mol. The van der Waals surface area contributed by atoms with E-state index in [0.717, 1.165) is 11.4 Å². The van der Waals surface area contributed by atoms with Crippen molar-refractivity contribution in [3.8, 4) is 11.8 Å². The van der Waals surface area contributed by atoms with E-state index in [-0.39, 0.29) is 6.01 Å². The summed E-state index contributed by atoms with van der Waals surface area (Å²) in [5.41, 5.74) is 0.825. The first kappa shape index (κ1) is 13.9. The van der Waals surface area contributed by atoms with Gasteiger partial charge in [-0.1, -0.05) is 6.07 Å². The minimum Gasteiger partial charge on any atom is -0.494 e. The lowest BCUT2D eigenvalue weighted by Crippen LogP contribution is -2.05. The number of benzene rings is 1. The second-order valence-corrected chi connectivity index (χ2v) is 3.81. The van der Waals surface area contributed by atoms with Crippen LogP contribution >= 0.6 is 0 Å². The maximum absolute atomic E-state index is 5.44. The maximum atomic E-state index is 5.44. The van der Waals surface area contributed by atoms with Crippen molar-refractivity contribution in [1.82, 2.24) is 15.0 Å². The Hall–Kier alpha value is -2.57. The molecule has 0 aliphatic heterocycles. The number of hydrogen-bond acceptors (Lipinski definition) is 7. The molecule has 7 heteroatoms. The fourth-order valence-corrected chi connectivity index (χ4v) is 1.57. The van der Waals surface area contributed by atoms with Crippen molar-refractivity contribution in [2.24, 2.45) is 0 Å². The van der Waals surface area contributed by atoms with Gasteiger partial charge in [-0.15, -0.1) is 0 Å². The smallest absolute Gasteiger partial charge is 0.322 e. The van der Waals surface area contributed by atoms with Crippen molar-refractivity contribution in [1.29, 1.82) is 0 Å². The van der Waals surface area contributed by atoms with Gasteiger partial charge < -0.3 is 20.1 Å². The summed E-state index contributed by atoms with van der Waals surface area (Å²) in [6, 6.07) is 7.80. The highest BCUT2D eigenvalue weighted by Gasteiger charge is 2.06. The molecule has 0 aliphatic rings. The van der Waals surface area contributed by atoms with Crippen LogP contribution in [0.2, 0.25) is 0 Å². The van der Waals surface area contributed by atoms with Crippen LogP contribution in [0.15, 0.2) is 24.3 Å². The van der Waals surface area contributed by atoms with E-state index in [1.807, 2.05) is 31.2 Å². The fraction of sp³-hybridized carbons (Fsp3) is 0.308. The maximum Gasteiger partial charge on any atom is 0.322 e. The molecule has 0 amide bonds. The molecule has 0 atom stereocenters. The van der Waals surface area contributed by atoms with Crippen molar-refractivity contribution < 1.29 is 9.47 Å². The highest BCUT2D eigenvalue weighted by Crippen LogP contribution is 2.21. The molecule has 1 aromatic carbocycles. The van der Waals surface area contributed by atoms with Crippen LogP contribution in [-0.4, -0.2) is 35.7 Å². The Morgan fingerprint density at radius 2 is 1.95 bits per heavy atom. The third-order valence-corrected chi connectivity index (χ3v) is 2.42. The molecule has 7 nitrogen and oxygen atoms in total. The topological polar surface area (TPSA) is 81.2 Å². The van der Waals surface area contributed by atoms with Crippen molar-refractivity contribution in [2.45, 2.75) is 6.92 Å². The number of rotatable bonds is 6. The van der Waals surface area contributed by atoms with E-state index >= 15 is 0 Å². The quantitative estimate of drug-likeness (QED) is 0.835. The molecule has 1 heterocycles. The molecule has 0 spiro atoms. The molecule has 0 unspecified atom stereocenters. The first-order valence-corrected chi connectivity index (χ1v) is 6.23. The predicted octanol–water partition coefficient (Wildman–Crippen LogP) is 2.06. The van der Waals surface area contributed by atoms with Gasteiger partial charge in [-0.2, -0.15) is 15.0 Å². The summed E-state index contributed by atoms with van der Waals surface area (Å²) in [5, 5.41) is 5.94.